The Kier molecular flexibility index (Phi) is 4.94. The van der Waals surface area contributed by atoms with Gasteiger partial charge in [0.05, 0.1) is 29.8 Å². The molecule has 4 rings (SSSR count). The Bertz CT molecular complexity index is 1260. The summed E-state index contributed by atoms with van der Waals surface area (Å²) in [5.74, 6) is 0.820. The van der Waals surface area contributed by atoms with Gasteiger partial charge in [-0.1, -0.05) is 24.3 Å². The van der Waals surface area contributed by atoms with E-state index in [-0.39, 0.29) is 5.82 Å². The summed E-state index contributed by atoms with van der Waals surface area (Å²) in [6.45, 7) is 0. The fraction of sp³-hybridized carbons (Fsp3) is 0.0455. The molecule has 2 aromatic heterocycles. The number of furan rings is 1. The largest absolute Gasteiger partial charge is 0.496 e. The standard InChI is InChI=1S/C22H17N3O4/c1-28-19-11-5-3-9-17(19)21-23-18-10-4-2-8-16(18)22(27)25(21)24-20(26)13-12-15-7-6-14-29-15/h2-14H,1H3,(H,24,26). The molecular formula is C22H17N3O4. The van der Waals surface area contributed by atoms with Crippen LogP contribution in [0, 0.1) is 0 Å². The van der Waals surface area contributed by atoms with E-state index in [2.05, 4.69) is 10.4 Å². The summed E-state index contributed by atoms with van der Waals surface area (Å²) >= 11 is 0. The number of carbonyl (C=O) groups excluding carboxylic acids is 1. The average Bonchev–Trinajstić information content (AvgIpc) is 3.28. The third-order valence-corrected chi connectivity index (χ3v) is 4.29. The van der Waals surface area contributed by atoms with Crippen LogP contribution in [0.3, 0.4) is 0 Å². The number of ether oxygens (including phenoxy) is 1. The summed E-state index contributed by atoms with van der Waals surface area (Å²) in [7, 11) is 1.53. The number of benzene rings is 2. The number of methoxy groups -OCH3 is 1. The van der Waals surface area contributed by atoms with Crippen molar-refractivity contribution in [1.82, 2.24) is 9.66 Å². The van der Waals surface area contributed by atoms with Crippen molar-refractivity contribution in [2.75, 3.05) is 12.5 Å². The Balaban J connectivity index is 1.84. The number of para-hydroxylation sites is 2. The van der Waals surface area contributed by atoms with Crippen LogP contribution in [0.4, 0.5) is 0 Å². The number of amides is 1. The van der Waals surface area contributed by atoms with Crippen LogP contribution in [0.25, 0.3) is 28.4 Å². The Morgan fingerprint density at radius 2 is 1.90 bits per heavy atom. The first kappa shape index (κ1) is 18.2. The number of carbonyl (C=O) groups is 1. The Morgan fingerprint density at radius 1 is 1.10 bits per heavy atom. The van der Waals surface area contributed by atoms with Crippen LogP contribution in [-0.2, 0) is 4.79 Å². The predicted octanol–water partition coefficient (Wildman–Crippen LogP) is 3.45. The lowest BCUT2D eigenvalue weighted by Gasteiger charge is -2.15. The van der Waals surface area contributed by atoms with E-state index in [1.54, 1.807) is 48.5 Å². The number of nitrogens with zero attached hydrogens (tertiary/aromatic N) is 2. The second-order valence-electron chi connectivity index (χ2n) is 6.12. The van der Waals surface area contributed by atoms with Crippen molar-refractivity contribution in [2.45, 2.75) is 0 Å². The smallest absolute Gasteiger partial charge is 0.280 e. The third-order valence-electron chi connectivity index (χ3n) is 4.29. The molecular weight excluding hydrogens is 370 g/mol. The van der Waals surface area contributed by atoms with Crippen molar-refractivity contribution in [3.8, 4) is 17.1 Å². The van der Waals surface area contributed by atoms with Crippen molar-refractivity contribution < 1.29 is 13.9 Å². The monoisotopic (exact) mass is 387 g/mol. The van der Waals surface area contributed by atoms with E-state index in [1.165, 1.54) is 25.5 Å². The van der Waals surface area contributed by atoms with E-state index in [4.69, 9.17) is 9.15 Å². The van der Waals surface area contributed by atoms with E-state index in [0.717, 1.165) is 4.68 Å². The first-order valence-electron chi connectivity index (χ1n) is 8.85. The first-order valence-corrected chi connectivity index (χ1v) is 8.85. The maximum Gasteiger partial charge on any atom is 0.280 e. The van der Waals surface area contributed by atoms with Crippen molar-refractivity contribution in [3.63, 3.8) is 0 Å². The number of fused-ring (bicyclic) bond motifs is 1. The summed E-state index contributed by atoms with van der Waals surface area (Å²) < 4.78 is 11.7. The van der Waals surface area contributed by atoms with Crippen molar-refractivity contribution in [2.24, 2.45) is 0 Å². The highest BCUT2D eigenvalue weighted by atomic mass is 16.5. The van der Waals surface area contributed by atoms with Gasteiger partial charge >= 0.3 is 0 Å². The first-order chi connectivity index (χ1) is 14.2. The maximum atomic E-state index is 13.1. The zero-order valence-corrected chi connectivity index (χ0v) is 15.5. The van der Waals surface area contributed by atoms with Crippen molar-refractivity contribution in [1.29, 1.82) is 0 Å². The molecule has 144 valence electrons. The van der Waals surface area contributed by atoms with Gasteiger partial charge in [0.1, 0.15) is 11.5 Å². The Hall–Kier alpha value is -4.13. The van der Waals surface area contributed by atoms with Gasteiger partial charge in [-0.2, -0.15) is 4.68 Å². The van der Waals surface area contributed by atoms with E-state index in [1.807, 2.05) is 12.1 Å². The van der Waals surface area contributed by atoms with Gasteiger partial charge in [-0.25, -0.2) is 4.98 Å². The minimum Gasteiger partial charge on any atom is -0.496 e. The number of nitrogens with one attached hydrogen (secondary N) is 1. The molecule has 1 N–H and O–H groups in total. The molecule has 0 saturated carbocycles. The highest BCUT2D eigenvalue weighted by Crippen LogP contribution is 2.28. The second-order valence-corrected chi connectivity index (χ2v) is 6.12. The lowest BCUT2D eigenvalue weighted by molar-refractivity contribution is -0.112. The highest BCUT2D eigenvalue weighted by Gasteiger charge is 2.17. The molecule has 0 spiro atoms. The van der Waals surface area contributed by atoms with Crippen LogP contribution < -0.4 is 15.7 Å². The van der Waals surface area contributed by atoms with Crippen molar-refractivity contribution in [3.05, 3.63) is 89.1 Å². The fourth-order valence-corrected chi connectivity index (χ4v) is 2.94. The van der Waals surface area contributed by atoms with E-state index in [0.29, 0.717) is 28.0 Å². The highest BCUT2D eigenvalue weighted by molar-refractivity contribution is 5.97. The van der Waals surface area contributed by atoms with Crippen molar-refractivity contribution >= 4 is 22.9 Å². The molecule has 2 aromatic carbocycles. The molecule has 0 radical (unpaired) electrons. The van der Waals surface area contributed by atoms with Gasteiger partial charge in [0.2, 0.25) is 0 Å². The fourth-order valence-electron chi connectivity index (χ4n) is 2.94. The molecule has 0 unspecified atom stereocenters. The molecule has 0 atom stereocenters. The molecule has 2 heterocycles. The molecule has 0 bridgehead atoms. The zero-order chi connectivity index (χ0) is 20.2. The van der Waals surface area contributed by atoms with Crippen LogP contribution in [0.2, 0.25) is 0 Å². The Morgan fingerprint density at radius 3 is 2.69 bits per heavy atom. The minimum absolute atomic E-state index is 0.269. The predicted molar refractivity (Wildman–Crippen MR) is 110 cm³/mol. The zero-order valence-electron chi connectivity index (χ0n) is 15.5. The van der Waals surface area contributed by atoms with Crippen LogP contribution in [-0.4, -0.2) is 22.7 Å². The van der Waals surface area contributed by atoms with Gasteiger partial charge in [-0.3, -0.25) is 15.0 Å². The van der Waals surface area contributed by atoms with Gasteiger partial charge in [0.25, 0.3) is 11.5 Å². The average molecular weight is 387 g/mol. The van der Waals surface area contributed by atoms with Gasteiger partial charge in [0.15, 0.2) is 5.82 Å². The minimum atomic E-state index is -0.503. The molecule has 7 nitrogen and oxygen atoms in total. The third kappa shape index (κ3) is 3.66. The van der Waals surface area contributed by atoms with Gasteiger partial charge in [-0.15, -0.1) is 0 Å². The molecule has 29 heavy (non-hydrogen) atoms. The quantitative estimate of drug-likeness (QED) is 0.530. The topological polar surface area (TPSA) is 86.4 Å². The maximum absolute atomic E-state index is 13.1. The molecule has 0 saturated heterocycles. The number of rotatable bonds is 5. The summed E-state index contributed by atoms with van der Waals surface area (Å²) in [5.41, 5.74) is 3.31. The molecule has 0 aliphatic carbocycles. The molecule has 0 aliphatic rings. The van der Waals surface area contributed by atoms with E-state index in [9.17, 15) is 9.59 Å². The van der Waals surface area contributed by atoms with E-state index >= 15 is 0 Å². The van der Waals surface area contributed by atoms with Crippen LogP contribution >= 0.6 is 0 Å². The lowest BCUT2D eigenvalue weighted by Crippen LogP contribution is -2.34. The summed E-state index contributed by atoms with van der Waals surface area (Å²) in [6.07, 6.45) is 4.30. The van der Waals surface area contributed by atoms with Gasteiger partial charge in [0, 0.05) is 6.08 Å². The normalized spacial score (nSPS) is 11.1. The molecule has 4 aromatic rings. The number of hydrogen-bond acceptors (Lipinski definition) is 5. The van der Waals surface area contributed by atoms with Gasteiger partial charge < -0.3 is 9.15 Å². The molecule has 7 heteroatoms. The number of aromatic nitrogens is 2. The number of hydrogen-bond donors (Lipinski definition) is 1. The summed E-state index contributed by atoms with van der Waals surface area (Å²) in [6, 6.07) is 17.6. The lowest BCUT2D eigenvalue weighted by atomic mass is 10.1. The summed E-state index contributed by atoms with van der Waals surface area (Å²) in [4.78, 5) is 30.2. The molecule has 0 fully saturated rings. The molecule has 1 amide bonds. The Labute approximate surface area is 165 Å². The summed E-state index contributed by atoms with van der Waals surface area (Å²) in [5, 5.41) is 0.390. The SMILES string of the molecule is COc1ccccc1-c1nc2ccccc2c(=O)n1NC(=O)C=Cc1ccco1. The van der Waals surface area contributed by atoms with Crippen LogP contribution in [0.15, 0.2) is 82.2 Å². The molecule has 0 aliphatic heterocycles. The second kappa shape index (κ2) is 7.85. The van der Waals surface area contributed by atoms with E-state index < -0.39 is 11.5 Å². The van der Waals surface area contributed by atoms with Gasteiger partial charge in [-0.05, 0) is 42.5 Å². The van der Waals surface area contributed by atoms with Crippen LogP contribution in [0.5, 0.6) is 5.75 Å². The van der Waals surface area contributed by atoms with Crippen LogP contribution in [0.1, 0.15) is 5.76 Å².